The zero-order valence-corrected chi connectivity index (χ0v) is 6.21. The van der Waals surface area contributed by atoms with Gasteiger partial charge in [-0.3, -0.25) is 0 Å². The van der Waals surface area contributed by atoms with Crippen LogP contribution >= 0.6 is 12.4 Å². The van der Waals surface area contributed by atoms with E-state index in [4.69, 9.17) is 5.84 Å². The predicted octanol–water partition coefficient (Wildman–Crippen LogP) is 1.40. The van der Waals surface area contributed by atoms with Crippen molar-refractivity contribution in [1.82, 2.24) is 0 Å². The van der Waals surface area contributed by atoms with Gasteiger partial charge < -0.3 is 5.84 Å². The summed E-state index contributed by atoms with van der Waals surface area (Å²) < 4.78 is 0. The van der Waals surface area contributed by atoms with Crippen LogP contribution in [0.25, 0.3) is 0 Å². The summed E-state index contributed by atoms with van der Waals surface area (Å²) in [5, 5.41) is 3.38. The van der Waals surface area contributed by atoms with E-state index in [0.717, 1.165) is 5.56 Å². The highest BCUT2D eigenvalue weighted by Crippen LogP contribution is 1.92. The summed E-state index contributed by atoms with van der Waals surface area (Å²) in [4.78, 5) is 0. The van der Waals surface area contributed by atoms with Gasteiger partial charge in [-0.2, -0.15) is 5.10 Å². The molecule has 0 fully saturated rings. The molecule has 0 aliphatic carbocycles. The largest absolute Gasteiger partial charge is 0.323 e. The Labute approximate surface area is 66.2 Å². The summed E-state index contributed by atoms with van der Waals surface area (Å²) in [5.74, 6) is 4.93. The van der Waals surface area contributed by atoms with Crippen LogP contribution in [0.2, 0.25) is 0 Å². The van der Waals surface area contributed by atoms with Gasteiger partial charge in [-0.25, -0.2) is 0 Å². The van der Waals surface area contributed by atoms with Gasteiger partial charge in [-0.1, -0.05) is 30.3 Å². The molecule has 1 aromatic rings. The second-order valence-corrected chi connectivity index (χ2v) is 1.69. The smallest absolute Gasteiger partial charge is 0.0538 e. The fourth-order valence-corrected chi connectivity index (χ4v) is 0.625. The van der Waals surface area contributed by atoms with Crippen molar-refractivity contribution < 1.29 is 0 Å². The second-order valence-electron chi connectivity index (χ2n) is 1.69. The van der Waals surface area contributed by atoms with Gasteiger partial charge in [0.1, 0.15) is 0 Å². The summed E-state index contributed by atoms with van der Waals surface area (Å²) in [6.07, 6.45) is 1.61. The van der Waals surface area contributed by atoms with Gasteiger partial charge in [0.2, 0.25) is 0 Å². The lowest BCUT2D eigenvalue weighted by atomic mass is 10.2. The Balaban J connectivity index is 0.000000810. The SMILES string of the molecule is Cl.NN=Cc1ccccc1. The second kappa shape index (κ2) is 4.82. The number of nitrogens with zero attached hydrogens (tertiary/aromatic N) is 1. The third-order valence-corrected chi connectivity index (χ3v) is 1.02. The zero-order chi connectivity index (χ0) is 6.53. The molecule has 1 rings (SSSR count). The molecule has 10 heavy (non-hydrogen) atoms. The molecule has 54 valence electrons. The molecule has 0 radical (unpaired) electrons. The van der Waals surface area contributed by atoms with Crippen molar-refractivity contribution in [2.75, 3.05) is 0 Å². The van der Waals surface area contributed by atoms with Crippen molar-refractivity contribution in [3.63, 3.8) is 0 Å². The summed E-state index contributed by atoms with van der Waals surface area (Å²) >= 11 is 0. The Morgan fingerprint density at radius 3 is 2.30 bits per heavy atom. The quantitative estimate of drug-likeness (QED) is 0.373. The van der Waals surface area contributed by atoms with E-state index in [0.29, 0.717) is 0 Å². The molecule has 0 spiro atoms. The van der Waals surface area contributed by atoms with Crippen molar-refractivity contribution >= 4 is 18.6 Å². The monoisotopic (exact) mass is 156 g/mol. The lowest BCUT2D eigenvalue weighted by molar-refractivity contribution is 1.26. The van der Waals surface area contributed by atoms with Crippen molar-refractivity contribution in [2.45, 2.75) is 0 Å². The maximum Gasteiger partial charge on any atom is 0.0538 e. The maximum atomic E-state index is 4.93. The van der Waals surface area contributed by atoms with E-state index in [1.54, 1.807) is 6.21 Å². The number of benzene rings is 1. The molecule has 0 atom stereocenters. The highest BCUT2D eigenvalue weighted by Gasteiger charge is 1.79. The topological polar surface area (TPSA) is 38.4 Å². The molecular formula is C7H9ClN2. The predicted molar refractivity (Wildman–Crippen MR) is 45.5 cm³/mol. The Morgan fingerprint density at radius 1 is 1.20 bits per heavy atom. The van der Waals surface area contributed by atoms with Crippen molar-refractivity contribution in [3.8, 4) is 0 Å². The highest BCUT2D eigenvalue weighted by molar-refractivity contribution is 5.85. The first-order valence-electron chi connectivity index (χ1n) is 2.72. The van der Waals surface area contributed by atoms with Crippen LogP contribution in [0.4, 0.5) is 0 Å². The van der Waals surface area contributed by atoms with Crippen LogP contribution in [0, 0.1) is 0 Å². The van der Waals surface area contributed by atoms with Crippen molar-refractivity contribution in [1.29, 1.82) is 0 Å². The molecule has 0 bridgehead atoms. The van der Waals surface area contributed by atoms with Gasteiger partial charge in [0.15, 0.2) is 0 Å². The minimum Gasteiger partial charge on any atom is -0.323 e. The van der Waals surface area contributed by atoms with Gasteiger partial charge in [-0.15, -0.1) is 12.4 Å². The van der Waals surface area contributed by atoms with Crippen molar-refractivity contribution in [2.24, 2.45) is 10.9 Å². The Hall–Kier alpha value is -1.02. The lowest BCUT2D eigenvalue weighted by Crippen LogP contribution is -1.83. The van der Waals surface area contributed by atoms with Crippen LogP contribution in [0.3, 0.4) is 0 Å². The lowest BCUT2D eigenvalue weighted by Gasteiger charge is -1.85. The molecule has 3 heteroatoms. The standard InChI is InChI=1S/C7H8N2.ClH/c8-9-6-7-4-2-1-3-5-7;/h1-6H,8H2;1H. The molecule has 0 saturated heterocycles. The summed E-state index contributed by atoms with van der Waals surface area (Å²) in [6, 6.07) is 9.72. The average molecular weight is 157 g/mol. The van der Waals surface area contributed by atoms with Crippen molar-refractivity contribution in [3.05, 3.63) is 35.9 Å². The maximum absolute atomic E-state index is 4.93. The normalized spacial score (nSPS) is 9.20. The molecule has 0 heterocycles. The van der Waals surface area contributed by atoms with Crippen LogP contribution < -0.4 is 5.84 Å². The number of hydrogen-bond donors (Lipinski definition) is 1. The third-order valence-electron chi connectivity index (χ3n) is 1.02. The highest BCUT2D eigenvalue weighted by atomic mass is 35.5. The molecular weight excluding hydrogens is 148 g/mol. The number of hydrazone groups is 1. The van der Waals surface area contributed by atoms with Crippen LogP contribution in [0.15, 0.2) is 35.4 Å². The number of halogens is 1. The molecule has 0 aromatic heterocycles. The zero-order valence-electron chi connectivity index (χ0n) is 5.40. The first kappa shape index (κ1) is 8.98. The van der Waals surface area contributed by atoms with Crippen LogP contribution in [0.5, 0.6) is 0 Å². The van der Waals surface area contributed by atoms with Gasteiger partial charge in [-0.05, 0) is 5.56 Å². The molecule has 2 N–H and O–H groups in total. The van der Waals surface area contributed by atoms with E-state index in [1.807, 2.05) is 30.3 Å². The number of rotatable bonds is 1. The number of nitrogens with two attached hydrogens (primary N) is 1. The molecule has 1 aromatic carbocycles. The molecule has 2 nitrogen and oxygen atoms in total. The molecule has 0 unspecified atom stereocenters. The molecule has 0 amide bonds. The van der Waals surface area contributed by atoms with Crippen LogP contribution in [-0.2, 0) is 0 Å². The van der Waals surface area contributed by atoms with E-state index >= 15 is 0 Å². The van der Waals surface area contributed by atoms with Gasteiger partial charge in [0.25, 0.3) is 0 Å². The van der Waals surface area contributed by atoms with Gasteiger partial charge in [0, 0.05) is 0 Å². The minimum atomic E-state index is 0. The summed E-state index contributed by atoms with van der Waals surface area (Å²) in [5.41, 5.74) is 1.03. The fourth-order valence-electron chi connectivity index (χ4n) is 0.625. The average Bonchev–Trinajstić information content (AvgIpc) is 1.91. The Morgan fingerprint density at radius 2 is 1.80 bits per heavy atom. The van der Waals surface area contributed by atoms with E-state index in [9.17, 15) is 0 Å². The van der Waals surface area contributed by atoms with Crippen LogP contribution in [-0.4, -0.2) is 6.21 Å². The Kier molecular flexibility index (Phi) is 4.33. The Bertz CT molecular complexity index is 196. The summed E-state index contributed by atoms with van der Waals surface area (Å²) in [7, 11) is 0. The van der Waals surface area contributed by atoms with Gasteiger partial charge >= 0.3 is 0 Å². The van der Waals surface area contributed by atoms with E-state index in [1.165, 1.54) is 0 Å². The van der Waals surface area contributed by atoms with Crippen LogP contribution in [0.1, 0.15) is 5.56 Å². The van der Waals surface area contributed by atoms with E-state index in [-0.39, 0.29) is 12.4 Å². The fraction of sp³-hybridized carbons (Fsp3) is 0. The minimum absolute atomic E-state index is 0. The number of hydrogen-bond acceptors (Lipinski definition) is 2. The van der Waals surface area contributed by atoms with E-state index < -0.39 is 0 Å². The van der Waals surface area contributed by atoms with E-state index in [2.05, 4.69) is 5.10 Å². The molecule has 0 aliphatic rings. The molecule has 0 saturated carbocycles. The first-order chi connectivity index (χ1) is 4.43. The van der Waals surface area contributed by atoms with Gasteiger partial charge in [0.05, 0.1) is 6.21 Å². The third kappa shape index (κ3) is 2.51. The first-order valence-corrected chi connectivity index (χ1v) is 2.72. The summed E-state index contributed by atoms with van der Waals surface area (Å²) in [6.45, 7) is 0. The molecule has 0 aliphatic heterocycles.